The van der Waals surface area contributed by atoms with Crippen molar-refractivity contribution in [1.82, 2.24) is 73.9 Å². The summed E-state index contributed by atoms with van der Waals surface area (Å²) in [5.41, 5.74) is 13.4. The highest BCUT2D eigenvalue weighted by Gasteiger charge is 2.53. The van der Waals surface area contributed by atoms with Gasteiger partial charge in [-0.15, -0.1) is 10.2 Å². The summed E-state index contributed by atoms with van der Waals surface area (Å²) in [7, 11) is 0.920. The van der Waals surface area contributed by atoms with Crippen LogP contribution in [0.25, 0.3) is 22.3 Å². The number of hydrogen-bond donors (Lipinski definition) is 3. The van der Waals surface area contributed by atoms with Gasteiger partial charge in [0.05, 0.1) is 151 Å². The minimum Gasteiger partial charge on any atom is -0.497 e. The minimum absolute atomic E-state index is 0. The lowest BCUT2D eigenvalue weighted by molar-refractivity contribution is 0.0972. The van der Waals surface area contributed by atoms with Gasteiger partial charge in [-0.1, -0.05) is 70.7 Å². The molecule has 7 aliphatic heterocycles. The molecule has 7 aliphatic rings. The van der Waals surface area contributed by atoms with Crippen LogP contribution in [0.1, 0.15) is 135 Å². The second kappa shape index (κ2) is 41.9. The number of rotatable bonds is 18. The monoisotopic (exact) mass is 1920 g/mol. The van der Waals surface area contributed by atoms with Gasteiger partial charge < -0.3 is 58.3 Å². The average molecular weight is 1930 g/mol. The normalized spacial score (nSPS) is 20.8. The molecule has 4 N–H and O–H groups in total. The fourth-order valence-corrected chi connectivity index (χ4v) is 19.0. The van der Waals surface area contributed by atoms with Crippen molar-refractivity contribution >= 4 is 182 Å². The van der Waals surface area contributed by atoms with Crippen LogP contribution in [0.5, 0.6) is 40.5 Å². The third-order valence-electron chi connectivity index (χ3n) is 23.9. The summed E-state index contributed by atoms with van der Waals surface area (Å²) < 4.78 is 82.7. The Morgan fingerprint density at radius 3 is 1.28 bits per heavy atom. The quantitative estimate of drug-likeness (QED) is 0.0672. The molecule has 0 saturated carbocycles. The molecular formula is C84H112Cl4N20O10S7. The summed E-state index contributed by atoms with van der Waals surface area (Å²) in [4.78, 5) is 52.8. The molecule has 3 spiro atoms. The van der Waals surface area contributed by atoms with E-state index in [4.69, 9.17) is 125 Å². The number of nitrogens with zero attached hydrogens (tertiary/aromatic N) is 17. The Hall–Kier alpha value is -6.89. The smallest absolute Gasteiger partial charge is 0.266 e. The SMILES string of the molecule is COc1ccc(Cn2nc(Oc3ccnc(C)c3Cl)c3ncc(N4CCC5(CC4)CO[C@@H](C)[C@H]5N[S@@](=O)C(C)(C)C)nc32)cc1.COc1ccc(Cn2nc(Oc3ccnc(Cl)c3Cl)c3ncc(N4CCC5(CC4)CO[C@@H](C)[C@H]5N[S@@](=O)C(C)(C)C)nc32)cc1.Cc1nccc(OC2=NCc3nc(N4CCC5(CC4)CO[C@@H](C)[C@H]5N)cnc32)c1Cl.S.S.S.S.S. The number of anilines is 3. The zero-order valence-electron chi connectivity index (χ0n) is 72.1. The number of benzene rings is 2. The fraction of sp³-hybridized carbons (Fsp3) is 0.500. The molecule has 0 aliphatic carbocycles. The largest absolute Gasteiger partial charge is 0.497 e. The van der Waals surface area contributed by atoms with Crippen molar-refractivity contribution < 1.29 is 46.3 Å². The van der Waals surface area contributed by atoms with Crippen LogP contribution in [0, 0.1) is 30.1 Å². The van der Waals surface area contributed by atoms with Crippen LogP contribution in [-0.4, -0.2) is 198 Å². The highest BCUT2D eigenvalue weighted by molar-refractivity contribution is 7.84. The number of methoxy groups -OCH3 is 2. The molecule has 0 unspecified atom stereocenters. The number of nitrogens with one attached hydrogen (secondary N) is 2. The zero-order valence-corrected chi connectivity index (χ0v) is 81.8. The molecule has 15 heterocycles. The topological polar surface area (TPSA) is 332 Å². The third-order valence-corrected chi connectivity index (χ3v) is 28.7. The van der Waals surface area contributed by atoms with E-state index < -0.39 is 22.0 Å². The van der Waals surface area contributed by atoms with Crippen molar-refractivity contribution in [2.45, 2.75) is 180 Å². The van der Waals surface area contributed by atoms with Crippen molar-refractivity contribution in [2.75, 3.05) is 88.0 Å². The van der Waals surface area contributed by atoms with Crippen molar-refractivity contribution in [3.05, 3.63) is 158 Å². The molecule has 10 aromatic rings. The van der Waals surface area contributed by atoms with Gasteiger partial charge in [0.2, 0.25) is 5.90 Å². The van der Waals surface area contributed by atoms with E-state index in [1.54, 1.807) is 68.1 Å². The predicted molar refractivity (Wildman–Crippen MR) is 518 cm³/mol. The lowest BCUT2D eigenvalue weighted by Crippen LogP contribution is -2.55. The van der Waals surface area contributed by atoms with Gasteiger partial charge in [0, 0.05) is 98.3 Å². The molecule has 0 bridgehead atoms. The molecule has 8 aromatic heterocycles. The molecular weight excluding hydrogens is 1820 g/mol. The number of aromatic nitrogens is 13. The van der Waals surface area contributed by atoms with E-state index in [0.717, 1.165) is 130 Å². The van der Waals surface area contributed by atoms with Gasteiger partial charge in [-0.25, -0.2) is 67.1 Å². The van der Waals surface area contributed by atoms with Gasteiger partial charge in [-0.3, -0.25) is 9.97 Å². The van der Waals surface area contributed by atoms with Crippen LogP contribution in [0.4, 0.5) is 17.5 Å². The van der Waals surface area contributed by atoms with E-state index in [0.29, 0.717) is 111 Å². The average Bonchev–Trinajstić information content (AvgIpc) is 1.62. The van der Waals surface area contributed by atoms with Gasteiger partial charge >= 0.3 is 0 Å². The summed E-state index contributed by atoms with van der Waals surface area (Å²) >= 11 is 25.3. The van der Waals surface area contributed by atoms with Crippen molar-refractivity contribution in [2.24, 2.45) is 27.0 Å². The lowest BCUT2D eigenvalue weighted by atomic mass is 9.73. The predicted octanol–water partition coefficient (Wildman–Crippen LogP) is 14.3. The van der Waals surface area contributed by atoms with Crippen LogP contribution in [0.2, 0.25) is 20.2 Å². The van der Waals surface area contributed by atoms with E-state index >= 15 is 0 Å². The molecule has 30 nitrogen and oxygen atoms in total. The van der Waals surface area contributed by atoms with E-state index in [-0.39, 0.29) is 146 Å². The first kappa shape index (κ1) is 100. The standard InChI is InChI=1S/C32H40ClN7O4S.C31H37Cl2N7O4S.C21H25ClN6O2.5H2S/c1-20-26(33)24(11-14-34-20)44-30-27-29(40(37-30)18-22-7-9-23(42-6)10-8-22)36-25(17-35-27)39-15-12-32(13-16-39)19-43-21(2)28(32)38-45(41)31(3,4)5;1-19-26(38-45(41)30(2,3)4)31(18-43-19)11-14-39(15-12-31)23-16-35-25-28(36-23)40(17-20-6-8-21(42-5)9-7-20)37-29(25)44-22-10-13-34-27(33)24(22)32;1-12-17(22)15(3-6-24-12)30-20-18-14(9-26-20)27-16(10-25-18)28-7-4-21(5-8-28)11-29-13(2)19(21)23;;;;;/h7-11,14,17,21,28,38H,12-13,15-16,18-19H2,1-6H3;6-10,13,16,19,26,38H,11-12,14-15,17-18H2,1-5H3;3,6,10,13,19H,4-5,7-9,11,23H2,1-2H3;5*1H2/t21-,28+,45-;19-,26+,45-;13-,19+;;;;;/m000...../s1. The summed E-state index contributed by atoms with van der Waals surface area (Å²) in [6.45, 7) is 30.0. The summed E-state index contributed by atoms with van der Waals surface area (Å²) in [5.74, 6) is 6.27. The first-order valence-electron chi connectivity index (χ1n) is 40.3. The maximum absolute atomic E-state index is 13.0. The van der Waals surface area contributed by atoms with Gasteiger partial charge in [0.15, 0.2) is 44.7 Å². The Labute approximate surface area is 789 Å². The number of nitrogens with two attached hydrogens (primary N) is 1. The van der Waals surface area contributed by atoms with Crippen molar-refractivity contribution in [3.8, 4) is 40.5 Å². The van der Waals surface area contributed by atoms with Crippen molar-refractivity contribution in [1.29, 1.82) is 0 Å². The van der Waals surface area contributed by atoms with Crippen LogP contribution < -0.4 is 53.6 Å². The Bertz CT molecular complexity index is 5220. The summed E-state index contributed by atoms with van der Waals surface area (Å²) in [6, 6.07) is 20.8. The van der Waals surface area contributed by atoms with Crippen molar-refractivity contribution in [3.63, 3.8) is 0 Å². The zero-order chi connectivity index (χ0) is 84.7. The second-order valence-corrected chi connectivity index (χ2v) is 39.3. The summed E-state index contributed by atoms with van der Waals surface area (Å²) in [6.07, 6.45) is 15.8. The number of fused-ring (bicyclic) bond motifs is 3. The molecule has 125 heavy (non-hydrogen) atoms. The molecule has 6 fully saturated rings. The Morgan fingerprint density at radius 2 is 0.872 bits per heavy atom. The molecule has 2 aromatic carbocycles. The first-order valence-corrected chi connectivity index (χ1v) is 44.1. The van der Waals surface area contributed by atoms with E-state index in [9.17, 15) is 8.42 Å². The summed E-state index contributed by atoms with van der Waals surface area (Å²) in [5, 5.41) is 10.8. The number of hydrogen-bond acceptors (Lipinski definition) is 26. The maximum Gasteiger partial charge on any atom is 0.266 e. The van der Waals surface area contributed by atoms with Gasteiger partial charge in [-0.05, 0) is 150 Å². The maximum atomic E-state index is 13.0. The number of pyridine rings is 3. The number of aliphatic imine (C=N–C) groups is 1. The van der Waals surface area contributed by atoms with E-state index in [2.05, 4.69) is 69.8 Å². The molecule has 678 valence electrons. The van der Waals surface area contributed by atoms with Gasteiger partial charge in [0.25, 0.3) is 11.8 Å². The molecule has 0 radical (unpaired) electrons. The second-order valence-electron chi connectivity index (χ2n) is 33.8. The van der Waals surface area contributed by atoms with Crippen LogP contribution >= 0.6 is 114 Å². The third kappa shape index (κ3) is 21.7. The van der Waals surface area contributed by atoms with E-state index in [1.807, 2.05) is 109 Å². The minimum atomic E-state index is -1.19. The Kier molecular flexibility index (Phi) is 33.6. The fourth-order valence-electron chi connectivity index (χ4n) is 16.4. The highest BCUT2D eigenvalue weighted by atomic mass is 35.5. The molecule has 17 rings (SSSR count). The number of ether oxygens (including phenoxy) is 8. The van der Waals surface area contributed by atoms with Crippen LogP contribution in [0.3, 0.4) is 0 Å². The van der Waals surface area contributed by atoms with Gasteiger partial charge in [-0.2, -0.15) is 67.5 Å². The number of halogens is 4. The molecule has 0 amide bonds. The Morgan fingerprint density at radius 1 is 0.496 bits per heavy atom. The highest BCUT2D eigenvalue weighted by Crippen LogP contribution is 2.48. The van der Waals surface area contributed by atoms with E-state index in [1.165, 1.54) is 6.20 Å². The van der Waals surface area contributed by atoms with Gasteiger partial charge in [0.1, 0.15) is 49.7 Å². The Balaban J connectivity index is 0.000000196. The number of aryl methyl sites for hydroxylation is 2. The molecule has 41 heteroatoms. The van der Waals surface area contributed by atoms with Crippen LogP contribution in [0.15, 0.2) is 109 Å². The van der Waals surface area contributed by atoms with Crippen LogP contribution in [-0.2, 0) is 55.8 Å². The molecule has 8 atom stereocenters. The first-order chi connectivity index (χ1) is 57.4. The molecule has 6 saturated heterocycles. The lowest BCUT2D eigenvalue weighted by Gasteiger charge is -2.43. The number of piperidine rings is 3.